The van der Waals surface area contributed by atoms with Crippen LogP contribution in [0.1, 0.15) is 36.1 Å². The Balaban J connectivity index is 1.77. The summed E-state index contributed by atoms with van der Waals surface area (Å²) in [7, 11) is 0. The van der Waals surface area contributed by atoms with Crippen LogP contribution in [-0.4, -0.2) is 22.8 Å². The highest BCUT2D eigenvalue weighted by Gasteiger charge is 2.47. The first kappa shape index (κ1) is 17.2. The predicted octanol–water partition coefficient (Wildman–Crippen LogP) is 5.54. The summed E-state index contributed by atoms with van der Waals surface area (Å²) in [6.45, 7) is 3.93. The van der Waals surface area contributed by atoms with E-state index in [2.05, 4.69) is 76.0 Å². The van der Waals surface area contributed by atoms with E-state index in [9.17, 15) is 0 Å². The average Bonchev–Trinajstić information content (AvgIpc) is 3.22. The summed E-state index contributed by atoms with van der Waals surface area (Å²) in [5, 5.41) is 0. The Morgan fingerprint density at radius 1 is 1.11 bits per heavy atom. The molecule has 138 valence electrons. The monoisotopic (exact) mass is 422 g/mol. The second-order valence-corrected chi connectivity index (χ2v) is 8.65. The topological polar surface area (TPSA) is 27.1 Å². The second-order valence-electron chi connectivity index (χ2n) is 7.73. The quantitative estimate of drug-likeness (QED) is 0.553. The van der Waals surface area contributed by atoms with Gasteiger partial charge >= 0.3 is 0 Å². The van der Waals surface area contributed by atoms with Gasteiger partial charge in [-0.25, -0.2) is 4.98 Å². The minimum Gasteiger partial charge on any atom is -0.381 e. The molecular formula is C23H23BrN2O. The number of ether oxygens (including phenoxy) is 1. The SMILES string of the molecule is Cc1cnc2n1C(CC1CCOCC1)(c1ccc(Br)cc1)c1ccccc1-2. The number of aryl methyl sites for hydroxylation is 1. The molecule has 1 saturated heterocycles. The van der Waals surface area contributed by atoms with Crippen molar-refractivity contribution in [2.24, 2.45) is 5.92 Å². The van der Waals surface area contributed by atoms with Crippen LogP contribution in [0.4, 0.5) is 0 Å². The summed E-state index contributed by atoms with van der Waals surface area (Å²) in [6, 6.07) is 17.7. The van der Waals surface area contributed by atoms with Crippen LogP contribution in [0.15, 0.2) is 59.2 Å². The Bertz CT molecular complexity index is 972. The maximum Gasteiger partial charge on any atom is 0.141 e. The minimum atomic E-state index is -0.199. The first-order valence-electron chi connectivity index (χ1n) is 9.68. The number of rotatable bonds is 3. The van der Waals surface area contributed by atoms with Crippen LogP contribution in [0.5, 0.6) is 0 Å². The molecule has 3 aromatic rings. The molecule has 0 spiro atoms. The van der Waals surface area contributed by atoms with Crippen molar-refractivity contribution < 1.29 is 4.74 Å². The highest BCUT2D eigenvalue weighted by molar-refractivity contribution is 9.10. The Morgan fingerprint density at radius 3 is 2.63 bits per heavy atom. The number of imidazole rings is 1. The Labute approximate surface area is 168 Å². The van der Waals surface area contributed by atoms with Gasteiger partial charge in [-0.2, -0.15) is 0 Å². The Kier molecular flexibility index (Phi) is 4.21. The number of hydrogen-bond acceptors (Lipinski definition) is 2. The summed E-state index contributed by atoms with van der Waals surface area (Å²) in [4.78, 5) is 4.80. The third kappa shape index (κ3) is 2.61. The van der Waals surface area contributed by atoms with E-state index in [1.807, 2.05) is 6.20 Å². The van der Waals surface area contributed by atoms with Gasteiger partial charge in [0, 0.05) is 35.1 Å². The standard InChI is InChI=1S/C23H23BrN2O/c1-16-15-25-22-20-4-2-3-5-21(20)23(26(16)22,14-17-10-12-27-13-11-17)18-6-8-19(24)9-7-18/h2-9,15,17H,10-14H2,1H3. The lowest BCUT2D eigenvalue weighted by Gasteiger charge is -2.38. The third-order valence-electron chi connectivity index (χ3n) is 6.18. The molecule has 0 radical (unpaired) electrons. The van der Waals surface area contributed by atoms with Gasteiger partial charge in [-0.15, -0.1) is 0 Å². The third-order valence-corrected chi connectivity index (χ3v) is 6.71. The van der Waals surface area contributed by atoms with Gasteiger partial charge in [-0.3, -0.25) is 0 Å². The van der Waals surface area contributed by atoms with Crippen molar-refractivity contribution in [3.8, 4) is 11.4 Å². The van der Waals surface area contributed by atoms with Crippen molar-refractivity contribution >= 4 is 15.9 Å². The zero-order valence-corrected chi connectivity index (χ0v) is 17.1. The van der Waals surface area contributed by atoms with E-state index in [4.69, 9.17) is 9.72 Å². The summed E-state index contributed by atoms with van der Waals surface area (Å²) < 4.78 is 9.24. The van der Waals surface area contributed by atoms with Crippen LogP contribution in [0.2, 0.25) is 0 Å². The number of benzene rings is 2. The average molecular weight is 423 g/mol. The molecule has 3 nitrogen and oxygen atoms in total. The Hall–Kier alpha value is -1.91. The van der Waals surface area contributed by atoms with E-state index in [-0.39, 0.29) is 5.54 Å². The first-order chi connectivity index (χ1) is 13.2. The van der Waals surface area contributed by atoms with E-state index >= 15 is 0 Å². The molecule has 27 heavy (non-hydrogen) atoms. The van der Waals surface area contributed by atoms with Crippen molar-refractivity contribution in [3.05, 3.63) is 76.0 Å². The minimum absolute atomic E-state index is 0.199. The van der Waals surface area contributed by atoms with Gasteiger partial charge < -0.3 is 9.30 Å². The van der Waals surface area contributed by atoms with Crippen molar-refractivity contribution in [2.75, 3.05) is 13.2 Å². The van der Waals surface area contributed by atoms with Gasteiger partial charge in [0.15, 0.2) is 0 Å². The van der Waals surface area contributed by atoms with Crippen molar-refractivity contribution in [1.82, 2.24) is 9.55 Å². The number of nitrogens with zero attached hydrogens (tertiary/aromatic N) is 2. The van der Waals surface area contributed by atoms with Gasteiger partial charge in [0.2, 0.25) is 0 Å². The molecule has 5 rings (SSSR count). The van der Waals surface area contributed by atoms with Crippen LogP contribution in [0.25, 0.3) is 11.4 Å². The molecule has 4 heteroatoms. The van der Waals surface area contributed by atoms with Gasteiger partial charge in [-0.1, -0.05) is 52.3 Å². The molecule has 0 aliphatic carbocycles. The van der Waals surface area contributed by atoms with E-state index in [0.717, 1.165) is 42.8 Å². The molecule has 0 N–H and O–H groups in total. The highest BCUT2D eigenvalue weighted by Crippen LogP contribution is 2.52. The number of aromatic nitrogens is 2. The largest absolute Gasteiger partial charge is 0.381 e. The number of hydrogen-bond donors (Lipinski definition) is 0. The van der Waals surface area contributed by atoms with Crippen LogP contribution in [0, 0.1) is 12.8 Å². The van der Waals surface area contributed by atoms with Crippen LogP contribution in [-0.2, 0) is 10.3 Å². The second kappa shape index (κ2) is 6.61. The van der Waals surface area contributed by atoms with Crippen molar-refractivity contribution in [2.45, 2.75) is 31.7 Å². The molecule has 0 amide bonds. The maximum absolute atomic E-state index is 5.64. The van der Waals surface area contributed by atoms with E-state index in [1.165, 1.54) is 22.4 Å². The molecule has 1 aromatic heterocycles. The summed E-state index contributed by atoms with van der Waals surface area (Å²) in [5.74, 6) is 1.74. The lowest BCUT2D eigenvalue weighted by atomic mass is 9.74. The molecule has 1 unspecified atom stereocenters. The fourth-order valence-electron chi connectivity index (χ4n) is 4.97. The molecule has 0 bridgehead atoms. The summed E-state index contributed by atoms with van der Waals surface area (Å²) in [6.07, 6.45) is 5.36. The maximum atomic E-state index is 5.64. The molecular weight excluding hydrogens is 400 g/mol. The van der Waals surface area contributed by atoms with E-state index < -0.39 is 0 Å². The van der Waals surface area contributed by atoms with Crippen LogP contribution in [0.3, 0.4) is 0 Å². The summed E-state index contributed by atoms with van der Waals surface area (Å²) in [5.41, 5.74) is 5.00. The number of fused-ring (bicyclic) bond motifs is 3. The van der Waals surface area contributed by atoms with E-state index in [1.54, 1.807) is 0 Å². The molecule has 2 aliphatic rings. The normalized spacial score (nSPS) is 21.9. The van der Waals surface area contributed by atoms with Gasteiger partial charge in [0.25, 0.3) is 0 Å². The molecule has 0 saturated carbocycles. The van der Waals surface area contributed by atoms with Crippen LogP contribution >= 0.6 is 15.9 Å². The molecule has 1 fully saturated rings. The smallest absolute Gasteiger partial charge is 0.141 e. The fourth-order valence-corrected chi connectivity index (χ4v) is 5.23. The van der Waals surface area contributed by atoms with Crippen molar-refractivity contribution in [3.63, 3.8) is 0 Å². The zero-order valence-electron chi connectivity index (χ0n) is 15.5. The van der Waals surface area contributed by atoms with Gasteiger partial charge in [0.05, 0.1) is 5.54 Å². The fraction of sp³-hybridized carbons (Fsp3) is 0.348. The molecule has 2 aromatic carbocycles. The Morgan fingerprint density at radius 2 is 1.85 bits per heavy atom. The van der Waals surface area contributed by atoms with Gasteiger partial charge in [-0.05, 0) is 55.4 Å². The molecule has 1 atom stereocenters. The van der Waals surface area contributed by atoms with Crippen molar-refractivity contribution in [1.29, 1.82) is 0 Å². The van der Waals surface area contributed by atoms with Gasteiger partial charge in [0.1, 0.15) is 5.82 Å². The van der Waals surface area contributed by atoms with Crippen LogP contribution < -0.4 is 0 Å². The lowest BCUT2D eigenvalue weighted by molar-refractivity contribution is 0.0565. The lowest BCUT2D eigenvalue weighted by Crippen LogP contribution is -2.37. The molecule has 2 aliphatic heterocycles. The zero-order chi connectivity index (χ0) is 18.4. The highest BCUT2D eigenvalue weighted by atomic mass is 79.9. The summed E-state index contributed by atoms with van der Waals surface area (Å²) >= 11 is 3.60. The van der Waals surface area contributed by atoms with E-state index in [0.29, 0.717) is 5.92 Å². The first-order valence-corrected chi connectivity index (χ1v) is 10.5. The predicted molar refractivity (Wildman–Crippen MR) is 111 cm³/mol. The molecule has 3 heterocycles. The number of halogens is 1.